The van der Waals surface area contributed by atoms with Gasteiger partial charge in [-0.1, -0.05) is 24.3 Å². The molecule has 6 nitrogen and oxygen atoms in total. The second-order valence-electron chi connectivity index (χ2n) is 7.82. The third kappa shape index (κ3) is 3.75. The van der Waals surface area contributed by atoms with E-state index in [9.17, 15) is 9.59 Å². The third-order valence-corrected chi connectivity index (χ3v) is 5.81. The van der Waals surface area contributed by atoms with Crippen molar-refractivity contribution in [1.29, 1.82) is 0 Å². The van der Waals surface area contributed by atoms with Gasteiger partial charge in [-0.3, -0.25) is 9.59 Å². The molecule has 4 aromatic rings. The Kier molecular flexibility index (Phi) is 5.47. The van der Waals surface area contributed by atoms with Crippen LogP contribution < -0.4 is 20.1 Å². The van der Waals surface area contributed by atoms with Crippen LogP contribution >= 0.6 is 0 Å². The molecule has 5 rings (SSSR count). The topological polar surface area (TPSA) is 76.7 Å². The normalized spacial score (nSPS) is 11.9. The highest BCUT2D eigenvalue weighted by atomic mass is 16.5. The number of hydrogen-bond donors (Lipinski definition) is 2. The molecule has 1 aliphatic rings. The van der Waals surface area contributed by atoms with E-state index in [1.165, 1.54) is 0 Å². The number of carbonyl (C=O) groups excluding carboxylic acids is 2. The molecule has 0 saturated carbocycles. The molecule has 0 atom stereocenters. The molecule has 0 heterocycles. The van der Waals surface area contributed by atoms with Crippen LogP contribution in [-0.4, -0.2) is 25.8 Å². The standard InChI is InChI=1S/C28H22N2O4/c1-33-19-11-7-17(8-12-19)29-23-15-16-24(30-18-9-13-20(34-2)14-10-18)26-25(23)27(31)21-5-3-4-6-22(21)28(26)32/h3-16,29-30H,1-2H3. The molecule has 0 bridgehead atoms. The average molecular weight is 450 g/mol. The zero-order chi connectivity index (χ0) is 23.7. The summed E-state index contributed by atoms with van der Waals surface area (Å²) in [6.45, 7) is 0. The molecule has 0 fully saturated rings. The first-order valence-corrected chi connectivity index (χ1v) is 10.8. The predicted molar refractivity (Wildman–Crippen MR) is 132 cm³/mol. The van der Waals surface area contributed by atoms with Crippen LogP contribution in [0.5, 0.6) is 11.5 Å². The molecule has 4 aromatic carbocycles. The summed E-state index contributed by atoms with van der Waals surface area (Å²) >= 11 is 0. The second kappa shape index (κ2) is 8.75. The molecular formula is C28H22N2O4. The molecule has 6 heteroatoms. The van der Waals surface area contributed by atoms with Gasteiger partial charge in [0.2, 0.25) is 0 Å². The van der Waals surface area contributed by atoms with Gasteiger partial charge in [0.15, 0.2) is 11.6 Å². The van der Waals surface area contributed by atoms with Gasteiger partial charge in [0.25, 0.3) is 0 Å². The highest BCUT2D eigenvalue weighted by Gasteiger charge is 2.34. The van der Waals surface area contributed by atoms with Crippen molar-refractivity contribution in [3.05, 3.63) is 107 Å². The number of fused-ring (bicyclic) bond motifs is 2. The number of carbonyl (C=O) groups is 2. The lowest BCUT2D eigenvalue weighted by atomic mass is 9.82. The summed E-state index contributed by atoms with van der Waals surface area (Å²) in [6, 6.07) is 25.3. The zero-order valence-electron chi connectivity index (χ0n) is 18.7. The fourth-order valence-corrected chi connectivity index (χ4v) is 4.09. The number of anilines is 4. The van der Waals surface area contributed by atoms with E-state index in [1.807, 2.05) is 60.7 Å². The van der Waals surface area contributed by atoms with Crippen LogP contribution in [0.3, 0.4) is 0 Å². The summed E-state index contributed by atoms with van der Waals surface area (Å²) in [5, 5.41) is 6.60. The van der Waals surface area contributed by atoms with Crippen LogP contribution in [0, 0.1) is 0 Å². The minimum Gasteiger partial charge on any atom is -0.497 e. The van der Waals surface area contributed by atoms with Gasteiger partial charge in [-0.05, 0) is 60.7 Å². The highest BCUT2D eigenvalue weighted by Crippen LogP contribution is 2.38. The van der Waals surface area contributed by atoms with Crippen molar-refractivity contribution in [3.63, 3.8) is 0 Å². The molecule has 1 aliphatic carbocycles. The number of rotatable bonds is 6. The monoisotopic (exact) mass is 450 g/mol. The minimum absolute atomic E-state index is 0.195. The van der Waals surface area contributed by atoms with Crippen LogP contribution in [-0.2, 0) is 0 Å². The summed E-state index contributed by atoms with van der Waals surface area (Å²) in [7, 11) is 3.21. The largest absolute Gasteiger partial charge is 0.497 e. The fraction of sp³-hybridized carbons (Fsp3) is 0.0714. The van der Waals surface area contributed by atoms with E-state index >= 15 is 0 Å². The molecule has 34 heavy (non-hydrogen) atoms. The van der Waals surface area contributed by atoms with Crippen molar-refractivity contribution >= 4 is 34.3 Å². The molecule has 0 amide bonds. The molecule has 0 spiro atoms. The lowest BCUT2D eigenvalue weighted by molar-refractivity contribution is 0.0980. The van der Waals surface area contributed by atoms with Crippen LogP contribution in [0.4, 0.5) is 22.7 Å². The smallest absolute Gasteiger partial charge is 0.196 e. The van der Waals surface area contributed by atoms with Crippen molar-refractivity contribution in [2.75, 3.05) is 24.9 Å². The average Bonchev–Trinajstić information content (AvgIpc) is 2.89. The number of ether oxygens (including phenoxy) is 2. The van der Waals surface area contributed by atoms with Gasteiger partial charge in [-0.15, -0.1) is 0 Å². The molecule has 0 radical (unpaired) electrons. The van der Waals surface area contributed by atoms with Crippen molar-refractivity contribution < 1.29 is 19.1 Å². The van der Waals surface area contributed by atoms with Crippen molar-refractivity contribution in [3.8, 4) is 11.5 Å². The molecule has 2 N–H and O–H groups in total. The lowest BCUT2D eigenvalue weighted by Crippen LogP contribution is -2.23. The zero-order valence-corrected chi connectivity index (χ0v) is 18.7. The summed E-state index contributed by atoms with van der Waals surface area (Å²) < 4.78 is 10.4. The number of ketones is 2. The Labute approximate surface area is 197 Å². The second-order valence-corrected chi connectivity index (χ2v) is 7.82. The molecule has 0 saturated heterocycles. The van der Waals surface area contributed by atoms with Crippen LogP contribution in [0.1, 0.15) is 31.8 Å². The Bertz CT molecular complexity index is 1290. The number of methoxy groups -OCH3 is 2. The maximum absolute atomic E-state index is 13.6. The Hall–Kier alpha value is -4.58. The Morgan fingerprint density at radius 1 is 0.529 bits per heavy atom. The third-order valence-electron chi connectivity index (χ3n) is 5.81. The van der Waals surface area contributed by atoms with Gasteiger partial charge >= 0.3 is 0 Å². The molecule has 0 unspecified atom stereocenters. The Morgan fingerprint density at radius 3 is 1.26 bits per heavy atom. The van der Waals surface area contributed by atoms with E-state index in [0.717, 1.165) is 22.9 Å². The SMILES string of the molecule is COc1ccc(Nc2ccc(Nc3ccc(OC)cc3)c3c2C(=O)c2ccccc2C3=O)cc1. The first-order valence-electron chi connectivity index (χ1n) is 10.8. The first kappa shape index (κ1) is 21.3. The first-order chi connectivity index (χ1) is 16.6. The molecular weight excluding hydrogens is 428 g/mol. The van der Waals surface area contributed by atoms with Gasteiger partial charge in [0.1, 0.15) is 11.5 Å². The van der Waals surface area contributed by atoms with Gasteiger partial charge in [-0.2, -0.15) is 0 Å². The number of hydrogen-bond acceptors (Lipinski definition) is 6. The number of nitrogens with one attached hydrogen (secondary N) is 2. The Balaban J connectivity index is 1.61. The molecule has 0 aromatic heterocycles. The van der Waals surface area contributed by atoms with Gasteiger partial charge in [0, 0.05) is 22.5 Å². The minimum atomic E-state index is -0.195. The van der Waals surface area contributed by atoms with Gasteiger partial charge < -0.3 is 20.1 Å². The maximum Gasteiger partial charge on any atom is 0.196 e. The number of benzene rings is 4. The quantitative estimate of drug-likeness (QED) is 0.332. The fourth-order valence-electron chi connectivity index (χ4n) is 4.09. The summed E-state index contributed by atoms with van der Waals surface area (Å²) in [5.74, 6) is 1.07. The van der Waals surface area contributed by atoms with Crippen molar-refractivity contribution in [2.24, 2.45) is 0 Å². The van der Waals surface area contributed by atoms with E-state index in [2.05, 4.69) is 10.6 Å². The summed E-state index contributed by atoms with van der Waals surface area (Å²) in [5.41, 5.74) is 4.17. The van der Waals surface area contributed by atoms with Gasteiger partial charge in [0.05, 0.1) is 36.7 Å². The van der Waals surface area contributed by atoms with E-state index < -0.39 is 0 Å². The van der Waals surface area contributed by atoms with Crippen molar-refractivity contribution in [2.45, 2.75) is 0 Å². The van der Waals surface area contributed by atoms with Gasteiger partial charge in [-0.25, -0.2) is 0 Å². The maximum atomic E-state index is 13.6. The summed E-state index contributed by atoms with van der Waals surface area (Å²) in [6.07, 6.45) is 0. The summed E-state index contributed by atoms with van der Waals surface area (Å²) in [4.78, 5) is 27.2. The van der Waals surface area contributed by atoms with Crippen molar-refractivity contribution in [1.82, 2.24) is 0 Å². The lowest BCUT2D eigenvalue weighted by Gasteiger charge is -2.24. The Morgan fingerprint density at radius 2 is 0.912 bits per heavy atom. The molecule has 168 valence electrons. The molecule has 0 aliphatic heterocycles. The van der Waals surface area contributed by atoms with Crippen LogP contribution in [0.25, 0.3) is 0 Å². The van der Waals surface area contributed by atoms with E-state index in [-0.39, 0.29) is 11.6 Å². The van der Waals surface area contributed by atoms with E-state index in [4.69, 9.17) is 9.47 Å². The predicted octanol–water partition coefficient (Wildman–Crippen LogP) is 5.97. The van der Waals surface area contributed by atoms with Crippen LogP contribution in [0.2, 0.25) is 0 Å². The van der Waals surface area contributed by atoms with E-state index in [1.54, 1.807) is 38.5 Å². The highest BCUT2D eigenvalue weighted by molar-refractivity contribution is 6.32. The van der Waals surface area contributed by atoms with E-state index in [0.29, 0.717) is 33.6 Å². The van der Waals surface area contributed by atoms with Crippen LogP contribution in [0.15, 0.2) is 84.9 Å².